The Kier molecular flexibility index (Phi) is 3.44. The highest BCUT2D eigenvalue weighted by Crippen LogP contribution is 2.21. The Morgan fingerprint density at radius 2 is 2.10 bits per heavy atom. The van der Waals surface area contributed by atoms with Crippen molar-refractivity contribution in [1.82, 2.24) is 9.55 Å². The summed E-state index contributed by atoms with van der Waals surface area (Å²) in [6, 6.07) is 11.8. The van der Waals surface area contributed by atoms with E-state index in [1.165, 1.54) is 22.7 Å². The Morgan fingerprint density at radius 3 is 2.76 bits per heavy atom. The van der Waals surface area contributed by atoms with Crippen LogP contribution < -0.4 is 0 Å². The van der Waals surface area contributed by atoms with Crippen LogP contribution in [0.1, 0.15) is 28.5 Å². The summed E-state index contributed by atoms with van der Waals surface area (Å²) in [5.74, 6) is -0.950. The van der Waals surface area contributed by atoms with Crippen LogP contribution in [-0.4, -0.2) is 20.6 Å². The van der Waals surface area contributed by atoms with E-state index in [9.17, 15) is 4.79 Å². The van der Waals surface area contributed by atoms with Crippen LogP contribution in [0.25, 0.3) is 10.9 Å². The van der Waals surface area contributed by atoms with Crippen LogP contribution in [0, 0.1) is 0 Å². The molecular weight excluding hydrogens is 264 g/mol. The number of aryl methyl sites for hydroxylation is 1. The lowest BCUT2D eigenvalue weighted by atomic mass is 10.1. The van der Waals surface area contributed by atoms with E-state index >= 15 is 0 Å². The zero-order valence-corrected chi connectivity index (χ0v) is 11.8. The van der Waals surface area contributed by atoms with Crippen LogP contribution in [-0.2, 0) is 13.0 Å². The van der Waals surface area contributed by atoms with Crippen LogP contribution in [0.3, 0.4) is 0 Å². The number of carboxylic acids is 1. The summed E-state index contributed by atoms with van der Waals surface area (Å²) >= 11 is 0. The fourth-order valence-electron chi connectivity index (χ4n) is 2.58. The van der Waals surface area contributed by atoms with Crippen molar-refractivity contribution in [2.24, 2.45) is 0 Å². The molecule has 106 valence electrons. The minimum atomic E-state index is -0.950. The quantitative estimate of drug-likeness (QED) is 0.797. The molecule has 2 aromatic heterocycles. The highest BCUT2D eigenvalue weighted by molar-refractivity contribution is 5.87. The molecule has 0 fully saturated rings. The number of fused-ring (bicyclic) bond motifs is 1. The normalized spacial score (nSPS) is 10.9. The topological polar surface area (TPSA) is 55.1 Å². The first-order valence-electron chi connectivity index (χ1n) is 6.94. The van der Waals surface area contributed by atoms with Crippen LogP contribution in [0.2, 0.25) is 0 Å². The lowest BCUT2D eigenvalue weighted by molar-refractivity contribution is 0.0696. The van der Waals surface area contributed by atoms with E-state index in [4.69, 9.17) is 5.11 Å². The number of nitrogens with zero attached hydrogens (tertiary/aromatic N) is 2. The molecule has 0 bridgehead atoms. The molecule has 0 aliphatic heterocycles. The fraction of sp³-hybridized carbons (Fsp3) is 0.176. The van der Waals surface area contributed by atoms with Gasteiger partial charge in [-0.2, -0.15) is 0 Å². The zero-order valence-electron chi connectivity index (χ0n) is 11.8. The molecule has 21 heavy (non-hydrogen) atoms. The van der Waals surface area contributed by atoms with Crippen molar-refractivity contribution < 1.29 is 9.90 Å². The van der Waals surface area contributed by atoms with Gasteiger partial charge >= 0.3 is 5.97 Å². The SMILES string of the molecule is CCc1cccc2ccn(Cc3ccc(C(=O)O)cn3)c12. The molecule has 4 nitrogen and oxygen atoms in total. The van der Waals surface area contributed by atoms with Gasteiger partial charge in [0.1, 0.15) is 0 Å². The fourth-order valence-corrected chi connectivity index (χ4v) is 2.58. The summed E-state index contributed by atoms with van der Waals surface area (Å²) < 4.78 is 2.16. The monoisotopic (exact) mass is 280 g/mol. The first-order chi connectivity index (χ1) is 10.2. The Balaban J connectivity index is 1.96. The molecule has 0 saturated heterocycles. The molecular formula is C17H16N2O2. The summed E-state index contributed by atoms with van der Waals surface area (Å²) in [5, 5.41) is 10.1. The van der Waals surface area contributed by atoms with Gasteiger partial charge in [0.2, 0.25) is 0 Å². The largest absolute Gasteiger partial charge is 0.478 e. The first-order valence-corrected chi connectivity index (χ1v) is 6.94. The van der Waals surface area contributed by atoms with Crippen molar-refractivity contribution in [3.63, 3.8) is 0 Å². The maximum atomic E-state index is 10.8. The molecule has 4 heteroatoms. The molecule has 2 heterocycles. The van der Waals surface area contributed by atoms with E-state index in [2.05, 4.69) is 46.9 Å². The molecule has 0 radical (unpaired) electrons. The molecule has 0 spiro atoms. The molecule has 0 aliphatic rings. The van der Waals surface area contributed by atoms with Gasteiger partial charge in [-0.3, -0.25) is 4.98 Å². The molecule has 3 rings (SSSR count). The third-order valence-corrected chi connectivity index (χ3v) is 3.66. The number of hydrogen-bond donors (Lipinski definition) is 1. The second kappa shape index (κ2) is 5.40. The summed E-state index contributed by atoms with van der Waals surface area (Å²) in [7, 11) is 0. The Morgan fingerprint density at radius 1 is 1.24 bits per heavy atom. The minimum absolute atomic E-state index is 0.213. The van der Waals surface area contributed by atoms with Gasteiger partial charge in [0.15, 0.2) is 0 Å². The number of benzene rings is 1. The van der Waals surface area contributed by atoms with Gasteiger partial charge in [-0.25, -0.2) is 4.79 Å². The Bertz CT molecular complexity index is 788. The standard InChI is InChI=1S/C17H16N2O2/c1-2-12-4-3-5-13-8-9-19(16(12)13)11-15-7-6-14(10-18-15)17(20)21/h3-10H,2,11H2,1H3,(H,20,21). The van der Waals surface area contributed by atoms with Gasteiger partial charge < -0.3 is 9.67 Å². The van der Waals surface area contributed by atoms with Gasteiger partial charge in [0.05, 0.1) is 23.3 Å². The first kappa shape index (κ1) is 13.4. The number of aromatic nitrogens is 2. The van der Waals surface area contributed by atoms with Crippen LogP contribution in [0.4, 0.5) is 0 Å². The average molecular weight is 280 g/mol. The van der Waals surface area contributed by atoms with Gasteiger partial charge in [0.25, 0.3) is 0 Å². The summed E-state index contributed by atoms with van der Waals surface area (Å²) in [5.41, 5.74) is 3.59. The van der Waals surface area contributed by atoms with Crippen LogP contribution >= 0.6 is 0 Å². The lowest BCUT2D eigenvalue weighted by Gasteiger charge is -2.08. The number of para-hydroxylation sites is 1. The van der Waals surface area contributed by atoms with E-state index in [1.54, 1.807) is 12.1 Å². The smallest absolute Gasteiger partial charge is 0.337 e. The van der Waals surface area contributed by atoms with E-state index in [0.29, 0.717) is 6.54 Å². The second-order valence-corrected chi connectivity index (χ2v) is 5.00. The van der Waals surface area contributed by atoms with Crippen LogP contribution in [0.15, 0.2) is 48.8 Å². The number of aromatic carboxylic acids is 1. The minimum Gasteiger partial charge on any atom is -0.478 e. The molecule has 0 unspecified atom stereocenters. The van der Waals surface area contributed by atoms with E-state index in [-0.39, 0.29) is 5.56 Å². The number of carboxylic acid groups (broad SMARTS) is 1. The van der Waals surface area contributed by atoms with E-state index in [1.807, 2.05) is 0 Å². The molecule has 1 aromatic carbocycles. The highest BCUT2D eigenvalue weighted by atomic mass is 16.4. The maximum Gasteiger partial charge on any atom is 0.337 e. The lowest BCUT2D eigenvalue weighted by Crippen LogP contribution is -2.04. The number of carbonyl (C=O) groups is 1. The van der Waals surface area contributed by atoms with Gasteiger partial charge in [0, 0.05) is 12.4 Å². The molecule has 0 atom stereocenters. The zero-order chi connectivity index (χ0) is 14.8. The predicted octanol–water partition coefficient (Wildman–Crippen LogP) is 3.35. The third kappa shape index (κ3) is 2.52. The van der Waals surface area contributed by atoms with Gasteiger partial charge in [-0.1, -0.05) is 25.1 Å². The number of pyridine rings is 1. The molecule has 1 N–H and O–H groups in total. The predicted molar refractivity (Wildman–Crippen MR) is 81.6 cm³/mol. The third-order valence-electron chi connectivity index (χ3n) is 3.66. The van der Waals surface area contributed by atoms with Crippen molar-refractivity contribution in [2.45, 2.75) is 19.9 Å². The second-order valence-electron chi connectivity index (χ2n) is 5.00. The number of rotatable bonds is 4. The van der Waals surface area contributed by atoms with Gasteiger partial charge in [-0.15, -0.1) is 0 Å². The van der Waals surface area contributed by atoms with E-state index in [0.717, 1.165) is 12.1 Å². The average Bonchev–Trinajstić information content (AvgIpc) is 2.91. The summed E-state index contributed by atoms with van der Waals surface area (Å²) in [4.78, 5) is 15.1. The van der Waals surface area contributed by atoms with Crippen molar-refractivity contribution in [3.8, 4) is 0 Å². The number of hydrogen-bond acceptors (Lipinski definition) is 2. The van der Waals surface area contributed by atoms with Crippen molar-refractivity contribution in [2.75, 3.05) is 0 Å². The molecule has 0 amide bonds. The van der Waals surface area contributed by atoms with Crippen LogP contribution in [0.5, 0.6) is 0 Å². The molecule has 0 saturated carbocycles. The van der Waals surface area contributed by atoms with E-state index < -0.39 is 5.97 Å². The van der Waals surface area contributed by atoms with Gasteiger partial charge in [-0.05, 0) is 35.6 Å². The van der Waals surface area contributed by atoms with Crippen molar-refractivity contribution >= 4 is 16.9 Å². The summed E-state index contributed by atoms with van der Waals surface area (Å²) in [6.07, 6.45) is 4.44. The molecule has 3 aromatic rings. The summed E-state index contributed by atoms with van der Waals surface area (Å²) in [6.45, 7) is 2.78. The Hall–Kier alpha value is -2.62. The van der Waals surface area contributed by atoms with Crippen molar-refractivity contribution in [3.05, 3.63) is 65.6 Å². The maximum absolute atomic E-state index is 10.8. The highest BCUT2D eigenvalue weighted by Gasteiger charge is 2.07. The molecule has 0 aliphatic carbocycles. The Labute approximate surface area is 122 Å². The van der Waals surface area contributed by atoms with Crippen molar-refractivity contribution in [1.29, 1.82) is 0 Å².